The van der Waals surface area contributed by atoms with Crippen LogP contribution in [-0.2, 0) is 11.2 Å². The Hall–Kier alpha value is -1.15. The molecule has 1 atom stereocenters. The third-order valence-electron chi connectivity index (χ3n) is 2.37. The van der Waals surface area contributed by atoms with Gasteiger partial charge in [-0.25, -0.2) is 0 Å². The van der Waals surface area contributed by atoms with Crippen molar-refractivity contribution in [2.45, 2.75) is 25.8 Å². The van der Waals surface area contributed by atoms with E-state index in [1.165, 1.54) is 5.56 Å². The highest BCUT2D eigenvalue weighted by Crippen LogP contribution is 2.04. The van der Waals surface area contributed by atoms with Crippen molar-refractivity contribution >= 4 is 5.78 Å². The predicted molar refractivity (Wildman–Crippen MR) is 58.3 cm³/mol. The number of nitrogens with one attached hydrogen (secondary N) is 1. The maximum absolute atomic E-state index is 11.5. The van der Waals surface area contributed by atoms with Crippen LogP contribution in [0.25, 0.3) is 0 Å². The summed E-state index contributed by atoms with van der Waals surface area (Å²) in [5.41, 5.74) is 1.20. The van der Waals surface area contributed by atoms with Gasteiger partial charge in [-0.3, -0.25) is 4.79 Å². The third kappa shape index (κ3) is 2.96. The summed E-state index contributed by atoms with van der Waals surface area (Å²) < 4.78 is 0. The predicted octanol–water partition coefficient (Wildman–Crippen LogP) is 1.80. The Balaban J connectivity index is 2.62. The molecule has 1 N–H and O–H groups in total. The first-order valence-electron chi connectivity index (χ1n) is 5.01. The minimum Gasteiger partial charge on any atom is -0.310 e. The molecule has 0 spiro atoms. The topological polar surface area (TPSA) is 29.1 Å². The number of rotatable bonds is 5. The van der Waals surface area contributed by atoms with Crippen LogP contribution >= 0.6 is 0 Å². The maximum atomic E-state index is 11.5. The van der Waals surface area contributed by atoms with Gasteiger partial charge in [0, 0.05) is 6.42 Å². The van der Waals surface area contributed by atoms with Gasteiger partial charge in [-0.05, 0) is 19.0 Å². The van der Waals surface area contributed by atoms with Crippen molar-refractivity contribution in [3.63, 3.8) is 0 Å². The Morgan fingerprint density at radius 3 is 2.50 bits per heavy atom. The number of hydrogen-bond donors (Lipinski definition) is 1. The third-order valence-corrected chi connectivity index (χ3v) is 2.37. The number of likely N-dealkylation sites (N-methyl/N-ethyl adjacent to an activating group) is 1. The molecule has 14 heavy (non-hydrogen) atoms. The second-order valence-corrected chi connectivity index (χ2v) is 3.35. The highest BCUT2D eigenvalue weighted by Gasteiger charge is 2.13. The Bertz CT molecular complexity index is 282. The van der Waals surface area contributed by atoms with Gasteiger partial charge in [-0.1, -0.05) is 37.3 Å². The average molecular weight is 191 g/mol. The smallest absolute Gasteiger partial charge is 0.149 e. The molecule has 0 amide bonds. The molecule has 0 radical (unpaired) electrons. The molecule has 2 nitrogen and oxygen atoms in total. The Labute approximate surface area is 85.3 Å². The maximum Gasteiger partial charge on any atom is 0.149 e. The Morgan fingerprint density at radius 1 is 1.36 bits per heavy atom. The van der Waals surface area contributed by atoms with E-state index in [2.05, 4.69) is 5.32 Å². The number of carbonyl (C=O) groups is 1. The van der Waals surface area contributed by atoms with E-state index in [0.717, 1.165) is 6.42 Å². The lowest BCUT2D eigenvalue weighted by Crippen LogP contribution is -2.35. The van der Waals surface area contributed by atoms with Gasteiger partial charge in [-0.15, -0.1) is 0 Å². The molecule has 1 rings (SSSR count). The van der Waals surface area contributed by atoms with Crippen LogP contribution in [0.2, 0.25) is 0 Å². The molecular formula is C12H17NO. The second kappa shape index (κ2) is 5.55. The van der Waals surface area contributed by atoms with Crippen LogP contribution in [0, 0.1) is 0 Å². The van der Waals surface area contributed by atoms with E-state index < -0.39 is 0 Å². The van der Waals surface area contributed by atoms with Gasteiger partial charge >= 0.3 is 0 Å². The summed E-state index contributed by atoms with van der Waals surface area (Å²) in [7, 11) is 1.83. The van der Waals surface area contributed by atoms with Crippen LogP contribution in [0.3, 0.4) is 0 Å². The highest BCUT2D eigenvalue weighted by molar-refractivity contribution is 5.83. The molecule has 1 aromatic rings. The van der Waals surface area contributed by atoms with Gasteiger partial charge in [0.25, 0.3) is 0 Å². The number of Topliss-reactive ketones (excluding diaryl/α,β-unsaturated/α-hetero) is 1. The van der Waals surface area contributed by atoms with Crippen molar-refractivity contribution in [1.29, 1.82) is 0 Å². The average Bonchev–Trinajstić information content (AvgIpc) is 2.26. The fourth-order valence-corrected chi connectivity index (χ4v) is 1.47. The second-order valence-electron chi connectivity index (χ2n) is 3.35. The minimum absolute atomic E-state index is 0.0394. The fraction of sp³-hybridized carbons (Fsp3) is 0.417. The number of carbonyl (C=O) groups excluding carboxylic acids is 1. The standard InChI is InChI=1S/C12H17NO/c1-3-12(14)11(13-2)9-10-7-5-4-6-8-10/h4-8,11,13H,3,9H2,1-2H3/t11-/m1/s1. The lowest BCUT2D eigenvalue weighted by molar-refractivity contribution is -0.120. The van der Waals surface area contributed by atoms with Crippen LogP contribution in [0.15, 0.2) is 30.3 Å². The lowest BCUT2D eigenvalue weighted by Gasteiger charge is -2.13. The zero-order chi connectivity index (χ0) is 10.4. The number of benzene rings is 1. The molecule has 0 aromatic heterocycles. The van der Waals surface area contributed by atoms with Crippen LogP contribution in [0.5, 0.6) is 0 Å². The molecule has 0 aliphatic heterocycles. The van der Waals surface area contributed by atoms with Crippen LogP contribution < -0.4 is 5.32 Å². The Kier molecular flexibility index (Phi) is 4.33. The monoisotopic (exact) mass is 191 g/mol. The van der Waals surface area contributed by atoms with E-state index in [-0.39, 0.29) is 11.8 Å². The normalized spacial score (nSPS) is 12.4. The zero-order valence-electron chi connectivity index (χ0n) is 8.79. The first kappa shape index (κ1) is 10.9. The minimum atomic E-state index is -0.0394. The number of hydrogen-bond acceptors (Lipinski definition) is 2. The molecule has 0 bridgehead atoms. The van der Waals surface area contributed by atoms with Gasteiger partial charge in [0.1, 0.15) is 5.78 Å². The van der Waals surface area contributed by atoms with Crippen molar-refractivity contribution in [2.24, 2.45) is 0 Å². The van der Waals surface area contributed by atoms with Crippen molar-refractivity contribution in [3.8, 4) is 0 Å². The summed E-state index contributed by atoms with van der Waals surface area (Å²) in [4.78, 5) is 11.5. The molecule has 2 heteroatoms. The van der Waals surface area contributed by atoms with Gasteiger partial charge in [0.2, 0.25) is 0 Å². The van der Waals surface area contributed by atoms with Crippen LogP contribution in [0.4, 0.5) is 0 Å². The summed E-state index contributed by atoms with van der Waals surface area (Å²) in [6.07, 6.45) is 1.38. The highest BCUT2D eigenvalue weighted by atomic mass is 16.1. The van der Waals surface area contributed by atoms with E-state index in [0.29, 0.717) is 6.42 Å². The lowest BCUT2D eigenvalue weighted by atomic mass is 10.0. The molecule has 0 aliphatic carbocycles. The SMILES string of the molecule is CCC(=O)[C@@H](Cc1ccccc1)NC. The van der Waals surface area contributed by atoms with Gasteiger partial charge in [-0.2, -0.15) is 0 Å². The molecule has 0 fully saturated rings. The molecule has 0 heterocycles. The quantitative estimate of drug-likeness (QED) is 0.769. The van der Waals surface area contributed by atoms with Crippen molar-refractivity contribution in [3.05, 3.63) is 35.9 Å². The van der Waals surface area contributed by atoms with E-state index in [1.54, 1.807) is 0 Å². The van der Waals surface area contributed by atoms with Gasteiger partial charge < -0.3 is 5.32 Å². The van der Waals surface area contributed by atoms with Crippen LogP contribution in [0.1, 0.15) is 18.9 Å². The molecule has 0 aliphatic rings. The van der Waals surface area contributed by atoms with E-state index in [1.807, 2.05) is 44.3 Å². The van der Waals surface area contributed by atoms with E-state index >= 15 is 0 Å². The molecule has 1 aromatic carbocycles. The largest absolute Gasteiger partial charge is 0.310 e. The molecule has 0 saturated carbocycles. The molecule has 0 unspecified atom stereocenters. The van der Waals surface area contributed by atoms with Gasteiger partial charge in [0.15, 0.2) is 0 Å². The number of ketones is 1. The summed E-state index contributed by atoms with van der Waals surface area (Å²) in [5.74, 6) is 0.274. The summed E-state index contributed by atoms with van der Waals surface area (Å²) >= 11 is 0. The molecular weight excluding hydrogens is 174 g/mol. The van der Waals surface area contributed by atoms with E-state index in [9.17, 15) is 4.79 Å². The van der Waals surface area contributed by atoms with Crippen molar-refractivity contribution < 1.29 is 4.79 Å². The first-order valence-corrected chi connectivity index (χ1v) is 5.01. The zero-order valence-corrected chi connectivity index (χ0v) is 8.79. The first-order chi connectivity index (χ1) is 6.77. The van der Waals surface area contributed by atoms with Gasteiger partial charge in [0.05, 0.1) is 6.04 Å². The van der Waals surface area contributed by atoms with Crippen molar-refractivity contribution in [2.75, 3.05) is 7.05 Å². The van der Waals surface area contributed by atoms with Crippen molar-refractivity contribution in [1.82, 2.24) is 5.32 Å². The summed E-state index contributed by atoms with van der Waals surface area (Å²) in [5, 5.41) is 3.05. The molecule has 0 saturated heterocycles. The summed E-state index contributed by atoms with van der Waals surface area (Å²) in [6, 6.07) is 10.0. The van der Waals surface area contributed by atoms with E-state index in [4.69, 9.17) is 0 Å². The fourth-order valence-electron chi connectivity index (χ4n) is 1.47. The molecule has 76 valence electrons. The van der Waals surface area contributed by atoms with Crippen LogP contribution in [-0.4, -0.2) is 18.9 Å². The Morgan fingerprint density at radius 2 is 2.00 bits per heavy atom. The summed E-state index contributed by atoms with van der Waals surface area (Å²) in [6.45, 7) is 1.90.